The molecule has 0 N–H and O–H groups in total. The third-order valence-electron chi connectivity index (χ3n) is 15.1. The van der Waals surface area contributed by atoms with Gasteiger partial charge in [0, 0.05) is 21.5 Å². The lowest BCUT2D eigenvalue weighted by Crippen LogP contribution is -2.28. The molecule has 15 rings (SSSR count). The first kappa shape index (κ1) is 38.2. The Kier molecular flexibility index (Phi) is 8.02. The van der Waals surface area contributed by atoms with Crippen LogP contribution in [0.1, 0.15) is 22.3 Å². The van der Waals surface area contributed by atoms with E-state index in [1.165, 1.54) is 82.4 Å². The Morgan fingerprint density at radius 1 is 0.232 bits per heavy atom. The number of hydrogen-bond acceptors (Lipinski definition) is 2. The molecular formula is C67H40O2. The number of rotatable bonds is 5. The Balaban J connectivity index is 0.833. The quantitative estimate of drug-likeness (QED) is 0.161. The van der Waals surface area contributed by atoms with Crippen molar-refractivity contribution < 1.29 is 8.83 Å². The van der Waals surface area contributed by atoms with Gasteiger partial charge in [0.25, 0.3) is 0 Å². The zero-order chi connectivity index (χ0) is 45.2. The lowest BCUT2D eigenvalue weighted by Gasteiger charge is -2.34. The summed E-state index contributed by atoms with van der Waals surface area (Å²) in [4.78, 5) is 0. The normalized spacial score (nSPS) is 13.0. The van der Waals surface area contributed by atoms with Crippen LogP contribution in [0.25, 0.3) is 121 Å². The van der Waals surface area contributed by atoms with Gasteiger partial charge in [0.05, 0.1) is 5.41 Å². The molecule has 0 spiro atoms. The van der Waals surface area contributed by atoms with Gasteiger partial charge in [-0.15, -0.1) is 0 Å². The van der Waals surface area contributed by atoms with Crippen molar-refractivity contribution in [3.8, 4) is 44.5 Å². The van der Waals surface area contributed by atoms with Crippen molar-refractivity contribution in [2.24, 2.45) is 0 Å². The fraction of sp³-hybridized carbons (Fsp3) is 0.0149. The summed E-state index contributed by atoms with van der Waals surface area (Å²) in [5.41, 5.74) is 17.6. The van der Waals surface area contributed by atoms with Gasteiger partial charge >= 0.3 is 0 Å². The van der Waals surface area contributed by atoms with E-state index in [2.05, 4.69) is 243 Å². The molecule has 0 atom stereocenters. The molecule has 12 aromatic carbocycles. The van der Waals surface area contributed by atoms with Crippen molar-refractivity contribution in [3.05, 3.63) is 265 Å². The molecule has 2 nitrogen and oxygen atoms in total. The molecule has 14 aromatic rings. The highest BCUT2D eigenvalue weighted by Crippen LogP contribution is 2.58. The fourth-order valence-corrected chi connectivity index (χ4v) is 12.1. The molecule has 0 fully saturated rings. The van der Waals surface area contributed by atoms with Crippen molar-refractivity contribution in [3.63, 3.8) is 0 Å². The maximum absolute atomic E-state index is 6.69. The van der Waals surface area contributed by atoms with E-state index >= 15 is 0 Å². The zero-order valence-corrected chi connectivity index (χ0v) is 37.4. The maximum atomic E-state index is 6.69. The Labute approximate surface area is 397 Å². The topological polar surface area (TPSA) is 26.3 Å². The summed E-state index contributed by atoms with van der Waals surface area (Å²) in [5.74, 6) is 0. The minimum Gasteiger partial charge on any atom is -0.456 e. The number of fused-ring (bicyclic) bond motifs is 15. The van der Waals surface area contributed by atoms with Gasteiger partial charge in [0.2, 0.25) is 0 Å². The van der Waals surface area contributed by atoms with Crippen LogP contribution in [0.15, 0.2) is 251 Å². The first-order chi connectivity index (χ1) is 34.2. The SMILES string of the molecule is c1ccc(C2(c3ccccc3)c3ccccc3-c3c(-c4ccc5oc6cc7c(cc6c5c4)oc4ccc(-c5cccc(-c6ccc8c9ccccc9c9ccccc9c8c6)c5)cc47)cccc32)cc1. The highest BCUT2D eigenvalue weighted by atomic mass is 16.3. The van der Waals surface area contributed by atoms with E-state index in [9.17, 15) is 0 Å². The average Bonchev–Trinajstić information content (AvgIpc) is 4.07. The van der Waals surface area contributed by atoms with Crippen LogP contribution in [0.4, 0.5) is 0 Å². The summed E-state index contributed by atoms with van der Waals surface area (Å²) >= 11 is 0. The van der Waals surface area contributed by atoms with E-state index < -0.39 is 5.41 Å². The van der Waals surface area contributed by atoms with Crippen LogP contribution in [0, 0.1) is 0 Å². The van der Waals surface area contributed by atoms with E-state index in [-0.39, 0.29) is 0 Å². The zero-order valence-electron chi connectivity index (χ0n) is 37.4. The number of furan rings is 2. The molecule has 320 valence electrons. The number of hydrogen-bond donors (Lipinski definition) is 0. The molecule has 1 aliphatic rings. The largest absolute Gasteiger partial charge is 0.456 e. The molecule has 1 aliphatic carbocycles. The molecule has 2 heterocycles. The van der Waals surface area contributed by atoms with E-state index in [1.54, 1.807) is 0 Å². The Morgan fingerprint density at radius 3 is 1.28 bits per heavy atom. The van der Waals surface area contributed by atoms with E-state index in [0.29, 0.717) is 0 Å². The Bertz CT molecular complexity index is 4340. The summed E-state index contributed by atoms with van der Waals surface area (Å²) in [6.45, 7) is 0. The van der Waals surface area contributed by atoms with Crippen molar-refractivity contribution in [1.82, 2.24) is 0 Å². The molecule has 0 saturated carbocycles. The lowest BCUT2D eigenvalue weighted by atomic mass is 9.67. The molecule has 69 heavy (non-hydrogen) atoms. The van der Waals surface area contributed by atoms with Crippen LogP contribution < -0.4 is 0 Å². The molecule has 0 amide bonds. The van der Waals surface area contributed by atoms with Crippen LogP contribution in [0.3, 0.4) is 0 Å². The molecular weight excluding hydrogens is 837 g/mol. The number of benzene rings is 12. The summed E-state index contributed by atoms with van der Waals surface area (Å²) in [6, 6.07) is 88.7. The molecule has 0 radical (unpaired) electrons. The van der Waals surface area contributed by atoms with Crippen molar-refractivity contribution in [1.29, 1.82) is 0 Å². The van der Waals surface area contributed by atoms with Crippen molar-refractivity contribution >= 4 is 76.2 Å². The molecule has 2 heteroatoms. The van der Waals surface area contributed by atoms with Gasteiger partial charge in [-0.3, -0.25) is 0 Å². The second kappa shape index (κ2) is 14.5. The molecule has 0 saturated heterocycles. The van der Waals surface area contributed by atoms with Gasteiger partial charge < -0.3 is 8.83 Å². The third kappa shape index (κ3) is 5.49. The minimum atomic E-state index is -0.463. The average molecular weight is 877 g/mol. The molecule has 0 aliphatic heterocycles. The van der Waals surface area contributed by atoms with Gasteiger partial charge in [-0.25, -0.2) is 0 Å². The highest BCUT2D eigenvalue weighted by Gasteiger charge is 2.46. The van der Waals surface area contributed by atoms with E-state index in [1.807, 2.05) is 0 Å². The molecule has 0 unspecified atom stereocenters. The van der Waals surface area contributed by atoms with E-state index in [4.69, 9.17) is 8.83 Å². The van der Waals surface area contributed by atoms with Crippen LogP contribution >= 0.6 is 0 Å². The van der Waals surface area contributed by atoms with Crippen LogP contribution in [-0.2, 0) is 5.41 Å². The smallest absolute Gasteiger partial charge is 0.136 e. The van der Waals surface area contributed by atoms with E-state index in [0.717, 1.165) is 60.6 Å². The second-order valence-corrected chi connectivity index (χ2v) is 18.7. The first-order valence-electron chi connectivity index (χ1n) is 23.8. The second-order valence-electron chi connectivity index (χ2n) is 18.7. The van der Waals surface area contributed by atoms with Gasteiger partial charge in [-0.05, 0) is 148 Å². The van der Waals surface area contributed by atoms with Gasteiger partial charge in [-0.2, -0.15) is 0 Å². The fourth-order valence-electron chi connectivity index (χ4n) is 12.1. The predicted octanol–water partition coefficient (Wildman–Crippen LogP) is 18.3. The van der Waals surface area contributed by atoms with Crippen molar-refractivity contribution in [2.45, 2.75) is 5.41 Å². The summed E-state index contributed by atoms with van der Waals surface area (Å²) in [6.07, 6.45) is 0. The van der Waals surface area contributed by atoms with Gasteiger partial charge in [0.1, 0.15) is 22.3 Å². The van der Waals surface area contributed by atoms with Crippen LogP contribution in [0.5, 0.6) is 0 Å². The monoisotopic (exact) mass is 876 g/mol. The third-order valence-corrected chi connectivity index (χ3v) is 15.1. The lowest BCUT2D eigenvalue weighted by molar-refractivity contribution is 0.664. The predicted molar refractivity (Wildman–Crippen MR) is 287 cm³/mol. The van der Waals surface area contributed by atoms with Crippen LogP contribution in [0.2, 0.25) is 0 Å². The first-order valence-corrected chi connectivity index (χ1v) is 23.8. The summed E-state index contributed by atoms with van der Waals surface area (Å²) in [5, 5.41) is 11.9. The van der Waals surface area contributed by atoms with Gasteiger partial charge in [0.15, 0.2) is 0 Å². The Hall–Kier alpha value is -8.98. The van der Waals surface area contributed by atoms with Crippen LogP contribution in [-0.4, -0.2) is 0 Å². The van der Waals surface area contributed by atoms with Gasteiger partial charge in [-0.1, -0.05) is 194 Å². The Morgan fingerprint density at radius 2 is 0.652 bits per heavy atom. The maximum Gasteiger partial charge on any atom is 0.136 e. The summed E-state index contributed by atoms with van der Waals surface area (Å²) < 4.78 is 13.3. The minimum absolute atomic E-state index is 0.463. The van der Waals surface area contributed by atoms with Crippen molar-refractivity contribution in [2.75, 3.05) is 0 Å². The molecule has 0 bridgehead atoms. The molecule has 2 aromatic heterocycles. The standard InChI is InChI=1S/C67H40O2/c1-3-17-46(18-4-1)67(47-19-5-2-6-20-47)60-27-12-11-25-54(60)66-48(26-14-28-61(66)67)45-31-34-63-57(38-45)59-40-64-58(39-65(59)69-63)56-37-44(30-33-62(56)68-64)42-16-13-15-41(35-42)43-29-32-53-51-23-8-7-21-49(51)50-22-9-10-24-52(50)55(53)36-43/h1-40H. The summed E-state index contributed by atoms with van der Waals surface area (Å²) in [7, 11) is 0. The highest BCUT2D eigenvalue weighted by molar-refractivity contribution is 6.26.